The van der Waals surface area contributed by atoms with E-state index in [0.717, 1.165) is 12.5 Å². The van der Waals surface area contributed by atoms with Crippen LogP contribution in [0.1, 0.15) is 19.3 Å². The number of rotatable bonds is 0. The Morgan fingerprint density at radius 1 is 1.20 bits per heavy atom. The zero-order valence-electron chi connectivity index (χ0n) is 6.21. The van der Waals surface area contributed by atoms with E-state index in [9.17, 15) is 0 Å². The highest BCUT2D eigenvalue weighted by atomic mass is 32.2. The molecule has 0 radical (unpaired) electrons. The van der Waals surface area contributed by atoms with Crippen LogP contribution in [-0.2, 0) is 4.74 Å². The van der Waals surface area contributed by atoms with Crippen molar-refractivity contribution in [2.24, 2.45) is 5.92 Å². The Labute approximate surface area is 66.5 Å². The first kappa shape index (κ1) is 6.99. The van der Waals surface area contributed by atoms with E-state index in [1.807, 2.05) is 0 Å². The fourth-order valence-electron chi connectivity index (χ4n) is 1.68. The van der Waals surface area contributed by atoms with Crippen molar-refractivity contribution in [1.29, 1.82) is 0 Å². The van der Waals surface area contributed by atoms with Crippen molar-refractivity contribution in [2.75, 3.05) is 18.1 Å². The van der Waals surface area contributed by atoms with Crippen LogP contribution in [0.25, 0.3) is 0 Å². The van der Waals surface area contributed by atoms with Crippen LogP contribution in [0.3, 0.4) is 0 Å². The molecule has 3 aliphatic rings. The van der Waals surface area contributed by atoms with E-state index < -0.39 is 0 Å². The second-order valence-electron chi connectivity index (χ2n) is 3.26. The molecule has 0 N–H and O–H groups in total. The maximum Gasteiger partial charge on any atom is 0.0665 e. The van der Waals surface area contributed by atoms with Crippen molar-refractivity contribution in [1.82, 2.24) is 0 Å². The van der Waals surface area contributed by atoms with Crippen LogP contribution >= 0.6 is 11.8 Å². The first-order valence-corrected chi connectivity index (χ1v) is 5.30. The second kappa shape index (κ2) is 3.14. The number of fused-ring (bicyclic) bond motifs is 5. The fourth-order valence-corrected chi connectivity index (χ4v) is 2.88. The van der Waals surface area contributed by atoms with E-state index in [4.69, 9.17) is 4.74 Å². The monoisotopic (exact) mass is 158 g/mol. The summed E-state index contributed by atoms with van der Waals surface area (Å²) in [4.78, 5) is 0. The molecule has 3 aliphatic heterocycles. The molecule has 0 aromatic carbocycles. The molecular weight excluding hydrogens is 144 g/mol. The Morgan fingerprint density at radius 2 is 2.20 bits per heavy atom. The summed E-state index contributed by atoms with van der Waals surface area (Å²) >= 11 is 2.07. The fraction of sp³-hybridized carbons (Fsp3) is 1.00. The molecule has 0 saturated carbocycles. The minimum absolute atomic E-state index is 0.599. The van der Waals surface area contributed by atoms with Gasteiger partial charge in [0.05, 0.1) is 6.10 Å². The van der Waals surface area contributed by atoms with E-state index in [1.165, 1.54) is 30.8 Å². The van der Waals surface area contributed by atoms with Gasteiger partial charge < -0.3 is 4.74 Å². The Morgan fingerprint density at radius 3 is 3.00 bits per heavy atom. The molecule has 1 nitrogen and oxygen atoms in total. The number of hydrogen-bond acceptors (Lipinski definition) is 2. The van der Waals surface area contributed by atoms with Gasteiger partial charge in [-0.25, -0.2) is 0 Å². The molecule has 2 atom stereocenters. The van der Waals surface area contributed by atoms with Gasteiger partial charge in [0.2, 0.25) is 0 Å². The molecule has 3 heterocycles. The predicted octanol–water partition coefficient (Wildman–Crippen LogP) is 1.92. The lowest BCUT2D eigenvalue weighted by atomic mass is 9.96. The molecule has 0 aliphatic carbocycles. The van der Waals surface area contributed by atoms with Crippen molar-refractivity contribution in [3.05, 3.63) is 0 Å². The third-order valence-corrected chi connectivity index (χ3v) is 3.57. The van der Waals surface area contributed by atoms with Crippen LogP contribution in [0.5, 0.6) is 0 Å². The quantitative estimate of drug-likeness (QED) is 0.532. The van der Waals surface area contributed by atoms with Crippen LogP contribution < -0.4 is 0 Å². The Bertz CT molecular complexity index is 88.3. The molecule has 3 fully saturated rings. The van der Waals surface area contributed by atoms with Crippen LogP contribution in [0.4, 0.5) is 0 Å². The highest BCUT2D eigenvalue weighted by molar-refractivity contribution is 7.99. The standard InChI is InChI=1S/C8H14OS/c1-2-8-6-10-4-3-7(1)5-9-8/h7-8H,1-6H2. The van der Waals surface area contributed by atoms with E-state index in [2.05, 4.69) is 11.8 Å². The minimum atomic E-state index is 0.599. The normalized spacial score (nSPS) is 40.8. The van der Waals surface area contributed by atoms with Gasteiger partial charge in [0.15, 0.2) is 0 Å². The predicted molar refractivity (Wildman–Crippen MR) is 44.4 cm³/mol. The van der Waals surface area contributed by atoms with E-state index in [0.29, 0.717) is 6.10 Å². The molecule has 2 heteroatoms. The maximum atomic E-state index is 5.66. The smallest absolute Gasteiger partial charge is 0.0665 e. The highest BCUT2D eigenvalue weighted by Gasteiger charge is 2.23. The summed E-state index contributed by atoms with van der Waals surface area (Å²) in [5.74, 6) is 3.50. The van der Waals surface area contributed by atoms with Crippen LogP contribution in [0.2, 0.25) is 0 Å². The summed E-state index contributed by atoms with van der Waals surface area (Å²) in [6.45, 7) is 1.05. The average Bonchev–Trinajstić information content (AvgIpc) is 1.89. The molecule has 0 spiro atoms. The maximum absolute atomic E-state index is 5.66. The lowest BCUT2D eigenvalue weighted by Crippen LogP contribution is -2.30. The Hall–Kier alpha value is 0.310. The van der Waals surface area contributed by atoms with Gasteiger partial charge in [0, 0.05) is 12.4 Å². The molecule has 2 bridgehead atoms. The number of thioether (sulfide) groups is 1. The molecule has 10 heavy (non-hydrogen) atoms. The van der Waals surface area contributed by atoms with Gasteiger partial charge in [0.25, 0.3) is 0 Å². The summed E-state index contributed by atoms with van der Waals surface area (Å²) in [6.07, 6.45) is 4.72. The minimum Gasteiger partial charge on any atom is -0.377 e. The van der Waals surface area contributed by atoms with Crippen LogP contribution in [-0.4, -0.2) is 24.2 Å². The summed E-state index contributed by atoms with van der Waals surface area (Å²) < 4.78 is 5.66. The third kappa shape index (κ3) is 1.48. The lowest BCUT2D eigenvalue weighted by molar-refractivity contribution is -0.00482. The van der Waals surface area contributed by atoms with E-state index in [1.54, 1.807) is 0 Å². The Kier molecular flexibility index (Phi) is 2.19. The van der Waals surface area contributed by atoms with Gasteiger partial charge in [-0.3, -0.25) is 0 Å². The largest absolute Gasteiger partial charge is 0.377 e. The zero-order valence-corrected chi connectivity index (χ0v) is 7.03. The van der Waals surface area contributed by atoms with Gasteiger partial charge in [-0.1, -0.05) is 0 Å². The summed E-state index contributed by atoms with van der Waals surface area (Å²) in [5, 5.41) is 0. The molecular formula is C8H14OS. The van der Waals surface area contributed by atoms with Crippen molar-refractivity contribution in [3.8, 4) is 0 Å². The molecule has 3 saturated heterocycles. The topological polar surface area (TPSA) is 9.23 Å². The molecule has 0 aromatic heterocycles. The second-order valence-corrected chi connectivity index (χ2v) is 4.41. The van der Waals surface area contributed by atoms with Crippen molar-refractivity contribution < 1.29 is 4.74 Å². The zero-order chi connectivity index (χ0) is 6.81. The molecule has 0 aromatic rings. The van der Waals surface area contributed by atoms with Gasteiger partial charge in [-0.05, 0) is 30.9 Å². The van der Waals surface area contributed by atoms with Crippen LogP contribution in [0, 0.1) is 5.92 Å². The lowest BCUT2D eigenvalue weighted by Gasteiger charge is -2.31. The molecule has 58 valence electrons. The van der Waals surface area contributed by atoms with Gasteiger partial charge in [-0.2, -0.15) is 11.8 Å². The van der Waals surface area contributed by atoms with Gasteiger partial charge in [0.1, 0.15) is 0 Å². The Balaban J connectivity index is 1.94. The number of hydrogen-bond donors (Lipinski definition) is 0. The average molecular weight is 158 g/mol. The molecule has 0 amide bonds. The summed E-state index contributed by atoms with van der Waals surface area (Å²) in [6, 6.07) is 0. The first-order valence-electron chi connectivity index (χ1n) is 4.14. The van der Waals surface area contributed by atoms with Gasteiger partial charge >= 0.3 is 0 Å². The summed E-state index contributed by atoms with van der Waals surface area (Å²) in [7, 11) is 0. The first-order chi connectivity index (χ1) is 4.95. The van der Waals surface area contributed by atoms with E-state index >= 15 is 0 Å². The highest BCUT2D eigenvalue weighted by Crippen LogP contribution is 2.28. The molecule has 2 unspecified atom stereocenters. The van der Waals surface area contributed by atoms with Crippen LogP contribution in [0.15, 0.2) is 0 Å². The molecule has 3 rings (SSSR count). The van der Waals surface area contributed by atoms with Crippen molar-refractivity contribution in [3.63, 3.8) is 0 Å². The number of ether oxygens (including phenoxy) is 1. The third-order valence-electron chi connectivity index (χ3n) is 2.44. The van der Waals surface area contributed by atoms with Crippen molar-refractivity contribution in [2.45, 2.75) is 25.4 Å². The summed E-state index contributed by atoms with van der Waals surface area (Å²) in [5.41, 5.74) is 0. The SMILES string of the molecule is C1CC2CCC(CS1)OC2. The van der Waals surface area contributed by atoms with E-state index in [-0.39, 0.29) is 0 Å². The van der Waals surface area contributed by atoms with Crippen molar-refractivity contribution >= 4 is 11.8 Å². The van der Waals surface area contributed by atoms with Gasteiger partial charge in [-0.15, -0.1) is 0 Å².